The average Bonchev–Trinajstić information content (AvgIpc) is 2.62. The summed E-state index contributed by atoms with van der Waals surface area (Å²) in [5.74, 6) is -0.817. The molecule has 26 heavy (non-hydrogen) atoms. The Morgan fingerprint density at radius 2 is 1.69 bits per heavy atom. The van der Waals surface area contributed by atoms with Crippen LogP contribution in [0.15, 0.2) is 48.5 Å². The number of hydrogen-bond acceptors (Lipinski definition) is 4. The first-order chi connectivity index (χ1) is 12.5. The number of nitrogens with one attached hydrogen (secondary N) is 1. The smallest absolute Gasteiger partial charge is 0.238 e. The molecule has 0 aromatic heterocycles. The number of amides is 1. The van der Waals surface area contributed by atoms with E-state index in [1.54, 1.807) is 12.1 Å². The van der Waals surface area contributed by atoms with Gasteiger partial charge >= 0.3 is 0 Å². The quantitative estimate of drug-likeness (QED) is 0.838. The highest BCUT2D eigenvalue weighted by atomic mass is 19.1. The summed E-state index contributed by atoms with van der Waals surface area (Å²) < 4.78 is 14.0. The summed E-state index contributed by atoms with van der Waals surface area (Å²) in [6.07, 6.45) is 0. The topological polar surface area (TPSA) is 52.7 Å². The van der Waals surface area contributed by atoms with Crippen LogP contribution in [0.4, 0.5) is 15.8 Å². The molecular weight excluding hydrogens is 333 g/mol. The highest BCUT2D eigenvalue weighted by molar-refractivity contribution is 6.00. The third-order valence-corrected chi connectivity index (χ3v) is 4.48. The molecular formula is C20H22FN3O2. The molecule has 1 aliphatic heterocycles. The van der Waals surface area contributed by atoms with Crippen molar-refractivity contribution in [1.29, 1.82) is 0 Å². The fourth-order valence-electron chi connectivity index (χ4n) is 3.20. The summed E-state index contributed by atoms with van der Waals surface area (Å²) in [5, 5.41) is 2.88. The monoisotopic (exact) mass is 355 g/mol. The summed E-state index contributed by atoms with van der Waals surface area (Å²) in [6.45, 7) is 4.33. The van der Waals surface area contributed by atoms with Gasteiger partial charge in [-0.3, -0.25) is 14.5 Å². The van der Waals surface area contributed by atoms with E-state index in [2.05, 4.69) is 10.2 Å². The van der Waals surface area contributed by atoms with Crippen LogP contribution < -0.4 is 10.2 Å². The Balaban J connectivity index is 1.57. The van der Waals surface area contributed by atoms with Crippen LogP contribution in [-0.4, -0.2) is 49.3 Å². The summed E-state index contributed by atoms with van der Waals surface area (Å²) in [4.78, 5) is 28.0. The molecule has 136 valence electrons. The predicted octanol–water partition coefficient (Wildman–Crippen LogP) is 2.79. The number of benzene rings is 2. The fraction of sp³-hybridized carbons (Fsp3) is 0.300. The number of ketones is 1. The normalized spacial score (nSPS) is 14.9. The lowest BCUT2D eigenvalue weighted by molar-refractivity contribution is -0.117. The average molecular weight is 355 g/mol. The number of hydrogen-bond donors (Lipinski definition) is 1. The number of rotatable bonds is 5. The lowest BCUT2D eigenvalue weighted by Gasteiger charge is -2.36. The summed E-state index contributed by atoms with van der Waals surface area (Å²) in [7, 11) is 0. The first-order valence-corrected chi connectivity index (χ1v) is 8.66. The number of halogens is 1. The van der Waals surface area contributed by atoms with E-state index >= 15 is 0 Å². The van der Waals surface area contributed by atoms with Gasteiger partial charge in [-0.05, 0) is 31.2 Å². The molecule has 0 unspecified atom stereocenters. The number of nitrogens with zero attached hydrogens (tertiary/aromatic N) is 2. The van der Waals surface area contributed by atoms with Crippen LogP contribution in [0.25, 0.3) is 0 Å². The second kappa shape index (κ2) is 8.10. The highest BCUT2D eigenvalue weighted by Crippen LogP contribution is 2.25. The Kier molecular flexibility index (Phi) is 5.63. The lowest BCUT2D eigenvalue weighted by atomic mass is 10.1. The predicted molar refractivity (Wildman–Crippen MR) is 100 cm³/mol. The van der Waals surface area contributed by atoms with Gasteiger partial charge in [0.1, 0.15) is 5.82 Å². The molecule has 1 amide bonds. The van der Waals surface area contributed by atoms with Crippen LogP contribution in [0.1, 0.15) is 17.3 Å². The van der Waals surface area contributed by atoms with E-state index in [9.17, 15) is 14.0 Å². The van der Waals surface area contributed by atoms with Crippen molar-refractivity contribution in [3.05, 3.63) is 59.9 Å². The van der Waals surface area contributed by atoms with Crippen molar-refractivity contribution in [2.45, 2.75) is 6.92 Å². The summed E-state index contributed by atoms with van der Waals surface area (Å²) in [6, 6.07) is 14.1. The second-order valence-corrected chi connectivity index (χ2v) is 6.37. The maximum atomic E-state index is 14.0. The van der Waals surface area contributed by atoms with Crippen LogP contribution in [-0.2, 0) is 4.79 Å². The number of carbonyl (C=O) groups excluding carboxylic acids is 2. The number of anilines is 2. The van der Waals surface area contributed by atoms with Gasteiger partial charge in [0.15, 0.2) is 5.78 Å². The van der Waals surface area contributed by atoms with Gasteiger partial charge in [-0.25, -0.2) is 4.39 Å². The SMILES string of the molecule is CC(=O)c1c(F)cccc1N1CCN(CC(=O)Nc2ccccc2)CC1. The van der Waals surface area contributed by atoms with Crippen LogP contribution in [0.3, 0.4) is 0 Å². The van der Waals surface area contributed by atoms with E-state index < -0.39 is 5.82 Å². The Morgan fingerprint density at radius 3 is 2.35 bits per heavy atom. The molecule has 2 aromatic rings. The minimum absolute atomic E-state index is 0.0557. The van der Waals surface area contributed by atoms with Gasteiger partial charge in [-0.1, -0.05) is 24.3 Å². The third kappa shape index (κ3) is 4.26. The molecule has 0 radical (unpaired) electrons. The maximum absolute atomic E-state index is 14.0. The Morgan fingerprint density at radius 1 is 1.00 bits per heavy atom. The van der Waals surface area contributed by atoms with Crippen molar-refractivity contribution in [3.63, 3.8) is 0 Å². The highest BCUT2D eigenvalue weighted by Gasteiger charge is 2.23. The second-order valence-electron chi connectivity index (χ2n) is 6.37. The molecule has 0 atom stereocenters. The van der Waals surface area contributed by atoms with E-state index in [0.717, 1.165) is 5.69 Å². The van der Waals surface area contributed by atoms with Gasteiger partial charge in [-0.2, -0.15) is 0 Å². The number of Topliss-reactive ketones (excluding diaryl/α,β-unsaturated/α-hetero) is 1. The molecule has 5 nitrogen and oxygen atoms in total. The van der Waals surface area contributed by atoms with Gasteiger partial charge in [0.25, 0.3) is 0 Å². The van der Waals surface area contributed by atoms with Gasteiger partial charge in [0.05, 0.1) is 17.8 Å². The zero-order chi connectivity index (χ0) is 18.5. The molecule has 6 heteroatoms. The van der Waals surface area contributed by atoms with Crippen molar-refractivity contribution in [3.8, 4) is 0 Å². The summed E-state index contributed by atoms with van der Waals surface area (Å²) >= 11 is 0. The fourth-order valence-corrected chi connectivity index (χ4v) is 3.20. The van der Waals surface area contributed by atoms with E-state index in [4.69, 9.17) is 0 Å². The molecule has 0 spiro atoms. The number of para-hydroxylation sites is 1. The van der Waals surface area contributed by atoms with Gasteiger partial charge in [0, 0.05) is 31.9 Å². The van der Waals surface area contributed by atoms with Gasteiger partial charge in [-0.15, -0.1) is 0 Å². The molecule has 2 aromatic carbocycles. The Hall–Kier alpha value is -2.73. The minimum Gasteiger partial charge on any atom is -0.368 e. The van der Waals surface area contributed by atoms with E-state index in [-0.39, 0.29) is 17.3 Å². The molecule has 0 saturated carbocycles. The van der Waals surface area contributed by atoms with E-state index in [1.165, 1.54) is 13.0 Å². The molecule has 1 fully saturated rings. The van der Waals surface area contributed by atoms with Gasteiger partial charge < -0.3 is 10.2 Å². The molecule has 1 heterocycles. The Bertz CT molecular complexity index is 787. The van der Waals surface area contributed by atoms with Crippen molar-refractivity contribution >= 4 is 23.1 Å². The van der Waals surface area contributed by atoms with Crippen LogP contribution >= 0.6 is 0 Å². The number of piperazine rings is 1. The lowest BCUT2D eigenvalue weighted by Crippen LogP contribution is -2.49. The first-order valence-electron chi connectivity index (χ1n) is 8.66. The van der Waals surface area contributed by atoms with Crippen molar-refractivity contribution in [2.75, 3.05) is 42.9 Å². The van der Waals surface area contributed by atoms with Crippen molar-refractivity contribution in [2.24, 2.45) is 0 Å². The van der Waals surface area contributed by atoms with Crippen LogP contribution in [0, 0.1) is 5.82 Å². The Labute approximate surface area is 152 Å². The largest absolute Gasteiger partial charge is 0.368 e. The third-order valence-electron chi connectivity index (χ3n) is 4.48. The van der Waals surface area contributed by atoms with Gasteiger partial charge in [0.2, 0.25) is 5.91 Å². The molecule has 0 bridgehead atoms. The van der Waals surface area contributed by atoms with Crippen molar-refractivity contribution in [1.82, 2.24) is 4.90 Å². The molecule has 1 saturated heterocycles. The number of carbonyl (C=O) groups is 2. The maximum Gasteiger partial charge on any atom is 0.238 e. The van der Waals surface area contributed by atoms with Crippen LogP contribution in [0.5, 0.6) is 0 Å². The summed E-state index contributed by atoms with van der Waals surface area (Å²) in [5.41, 5.74) is 1.55. The zero-order valence-electron chi connectivity index (χ0n) is 14.7. The molecule has 1 N–H and O–H groups in total. The minimum atomic E-state index is -0.486. The van der Waals surface area contributed by atoms with E-state index in [1.807, 2.05) is 35.2 Å². The standard InChI is InChI=1S/C20H22FN3O2/c1-15(25)20-17(21)8-5-9-18(20)24-12-10-23(11-13-24)14-19(26)22-16-6-3-2-4-7-16/h2-9H,10-14H2,1H3,(H,22,26). The molecule has 1 aliphatic rings. The van der Waals surface area contributed by atoms with Crippen LogP contribution in [0.2, 0.25) is 0 Å². The molecule has 3 rings (SSSR count). The van der Waals surface area contributed by atoms with E-state index in [0.29, 0.717) is 38.4 Å². The first kappa shape index (κ1) is 18.1. The molecule has 0 aliphatic carbocycles. The zero-order valence-corrected chi connectivity index (χ0v) is 14.7. The van der Waals surface area contributed by atoms with Crippen molar-refractivity contribution < 1.29 is 14.0 Å².